The molecule has 1 aliphatic rings. The number of halogens is 1. The number of hydrogen-bond donors (Lipinski definition) is 2. The molecule has 0 heterocycles. The van der Waals surface area contributed by atoms with Crippen LogP contribution in [0.15, 0.2) is 27.6 Å². The van der Waals surface area contributed by atoms with Crippen LogP contribution in [0.5, 0.6) is 0 Å². The Labute approximate surface area is 135 Å². The summed E-state index contributed by atoms with van der Waals surface area (Å²) in [5, 5.41) is 0. The fourth-order valence-electron chi connectivity index (χ4n) is 3.06. The van der Waals surface area contributed by atoms with E-state index in [0.29, 0.717) is 12.5 Å². The van der Waals surface area contributed by atoms with Gasteiger partial charge in [-0.2, -0.15) is 0 Å². The Kier molecular flexibility index (Phi) is 5.68. The minimum Gasteiger partial charge on any atom is -0.398 e. The van der Waals surface area contributed by atoms with E-state index in [9.17, 15) is 8.42 Å². The molecule has 0 aromatic heterocycles. The van der Waals surface area contributed by atoms with Gasteiger partial charge in [-0.3, -0.25) is 0 Å². The fraction of sp³-hybridized carbons (Fsp3) is 0.600. The average Bonchev–Trinajstić information content (AvgIpc) is 2.38. The minimum atomic E-state index is -3.52. The highest BCUT2D eigenvalue weighted by atomic mass is 79.9. The van der Waals surface area contributed by atoms with Gasteiger partial charge < -0.3 is 5.73 Å². The summed E-state index contributed by atoms with van der Waals surface area (Å²) in [5.41, 5.74) is 6.06. The van der Waals surface area contributed by atoms with Gasteiger partial charge in [-0.1, -0.05) is 42.1 Å². The van der Waals surface area contributed by atoms with Crippen LogP contribution in [-0.2, 0) is 10.0 Å². The van der Waals surface area contributed by atoms with Crippen molar-refractivity contribution in [2.24, 2.45) is 11.8 Å². The molecule has 1 aliphatic carbocycles. The van der Waals surface area contributed by atoms with Crippen molar-refractivity contribution in [2.75, 3.05) is 12.3 Å². The van der Waals surface area contributed by atoms with E-state index in [4.69, 9.17) is 5.73 Å². The normalized spacial score (nSPS) is 23.1. The van der Waals surface area contributed by atoms with Gasteiger partial charge in [0.05, 0.1) is 5.69 Å². The van der Waals surface area contributed by atoms with Crippen LogP contribution in [0.25, 0.3) is 0 Å². The Morgan fingerprint density at radius 3 is 2.81 bits per heavy atom. The molecule has 1 aromatic rings. The van der Waals surface area contributed by atoms with E-state index in [1.165, 1.54) is 31.7 Å². The van der Waals surface area contributed by atoms with Crippen molar-refractivity contribution in [1.29, 1.82) is 0 Å². The molecule has 118 valence electrons. The monoisotopic (exact) mass is 374 g/mol. The molecule has 4 nitrogen and oxygen atoms in total. The third-order valence-corrected chi connectivity index (χ3v) is 6.18. The summed E-state index contributed by atoms with van der Waals surface area (Å²) in [6.07, 6.45) is 5.89. The second-order valence-corrected chi connectivity index (χ2v) is 8.66. The van der Waals surface area contributed by atoms with Crippen molar-refractivity contribution in [3.8, 4) is 0 Å². The number of nitrogens with two attached hydrogens (primary N) is 1. The highest BCUT2D eigenvalue weighted by molar-refractivity contribution is 9.10. The van der Waals surface area contributed by atoms with Gasteiger partial charge in [0.25, 0.3) is 0 Å². The lowest BCUT2D eigenvalue weighted by atomic mass is 9.81. The van der Waals surface area contributed by atoms with Gasteiger partial charge in [0.2, 0.25) is 10.0 Å². The van der Waals surface area contributed by atoms with Crippen LogP contribution in [-0.4, -0.2) is 15.0 Å². The van der Waals surface area contributed by atoms with E-state index in [1.807, 2.05) is 0 Å². The first-order valence-electron chi connectivity index (χ1n) is 7.43. The Balaban J connectivity index is 1.92. The number of rotatable bonds is 5. The zero-order valence-electron chi connectivity index (χ0n) is 12.3. The molecule has 1 saturated carbocycles. The van der Waals surface area contributed by atoms with Crippen LogP contribution in [0, 0.1) is 11.8 Å². The third-order valence-electron chi connectivity index (χ3n) is 4.15. The smallest absolute Gasteiger partial charge is 0.242 e. The molecule has 3 N–H and O–H groups in total. The maximum absolute atomic E-state index is 12.3. The molecule has 0 amide bonds. The molecule has 6 heteroatoms. The van der Waals surface area contributed by atoms with Gasteiger partial charge in [0.1, 0.15) is 4.90 Å². The Bertz CT molecular complexity index is 589. The van der Waals surface area contributed by atoms with Gasteiger partial charge in [-0.25, -0.2) is 13.1 Å². The van der Waals surface area contributed by atoms with Crippen LogP contribution < -0.4 is 10.5 Å². The lowest BCUT2D eigenvalue weighted by Crippen LogP contribution is -2.28. The van der Waals surface area contributed by atoms with Crippen LogP contribution in [0.3, 0.4) is 0 Å². The summed E-state index contributed by atoms with van der Waals surface area (Å²) in [6, 6.07) is 4.83. The number of benzene rings is 1. The molecule has 2 rings (SSSR count). The molecule has 0 bridgehead atoms. The van der Waals surface area contributed by atoms with E-state index in [1.54, 1.807) is 12.1 Å². The van der Waals surface area contributed by atoms with Crippen LogP contribution >= 0.6 is 15.9 Å². The number of hydrogen-bond acceptors (Lipinski definition) is 3. The second kappa shape index (κ2) is 7.11. The van der Waals surface area contributed by atoms with Gasteiger partial charge in [0.15, 0.2) is 0 Å². The summed E-state index contributed by atoms with van der Waals surface area (Å²) in [6.45, 7) is 2.76. The lowest BCUT2D eigenvalue weighted by Gasteiger charge is -2.26. The largest absolute Gasteiger partial charge is 0.398 e. The third kappa shape index (κ3) is 4.69. The van der Waals surface area contributed by atoms with E-state index in [-0.39, 0.29) is 10.6 Å². The summed E-state index contributed by atoms with van der Waals surface area (Å²) in [5.74, 6) is 1.40. The zero-order chi connectivity index (χ0) is 15.5. The predicted octanol–water partition coefficient (Wildman–Crippen LogP) is 3.53. The number of nitrogens with one attached hydrogen (secondary N) is 1. The van der Waals surface area contributed by atoms with E-state index < -0.39 is 10.0 Å². The van der Waals surface area contributed by atoms with Crippen LogP contribution in [0.2, 0.25) is 0 Å². The van der Waals surface area contributed by atoms with E-state index in [0.717, 1.165) is 16.8 Å². The molecule has 2 unspecified atom stereocenters. The zero-order valence-corrected chi connectivity index (χ0v) is 14.7. The van der Waals surface area contributed by atoms with E-state index >= 15 is 0 Å². The lowest BCUT2D eigenvalue weighted by molar-refractivity contribution is 0.271. The first-order valence-corrected chi connectivity index (χ1v) is 9.71. The van der Waals surface area contributed by atoms with Gasteiger partial charge in [0, 0.05) is 11.0 Å². The van der Waals surface area contributed by atoms with Crippen LogP contribution in [0.1, 0.15) is 39.0 Å². The molecule has 0 radical (unpaired) electrons. The molecule has 1 aromatic carbocycles. The van der Waals surface area contributed by atoms with Crippen molar-refractivity contribution in [3.05, 3.63) is 22.7 Å². The molecule has 21 heavy (non-hydrogen) atoms. The molecule has 1 fully saturated rings. The summed E-state index contributed by atoms with van der Waals surface area (Å²) >= 11 is 3.28. The van der Waals surface area contributed by atoms with Crippen molar-refractivity contribution in [2.45, 2.75) is 43.9 Å². The molecule has 2 atom stereocenters. The summed E-state index contributed by atoms with van der Waals surface area (Å²) < 4.78 is 28.0. The summed E-state index contributed by atoms with van der Waals surface area (Å²) in [4.78, 5) is 0.155. The van der Waals surface area contributed by atoms with Crippen LogP contribution in [0.4, 0.5) is 5.69 Å². The maximum atomic E-state index is 12.3. The van der Waals surface area contributed by atoms with Gasteiger partial charge >= 0.3 is 0 Å². The number of sulfonamides is 1. The van der Waals surface area contributed by atoms with Crippen molar-refractivity contribution in [3.63, 3.8) is 0 Å². The molecule has 0 aliphatic heterocycles. The van der Waals surface area contributed by atoms with E-state index in [2.05, 4.69) is 27.6 Å². The van der Waals surface area contributed by atoms with Gasteiger partial charge in [-0.15, -0.1) is 0 Å². The fourth-order valence-corrected chi connectivity index (χ4v) is 4.60. The van der Waals surface area contributed by atoms with Crippen molar-refractivity contribution in [1.82, 2.24) is 4.72 Å². The Hall–Kier alpha value is -0.590. The minimum absolute atomic E-state index is 0.155. The van der Waals surface area contributed by atoms with Crippen molar-refractivity contribution >= 4 is 31.6 Å². The predicted molar refractivity (Wildman–Crippen MR) is 89.5 cm³/mol. The maximum Gasteiger partial charge on any atom is 0.242 e. The second-order valence-electron chi connectivity index (χ2n) is 6.01. The topological polar surface area (TPSA) is 72.2 Å². The SMILES string of the molecule is CC1CCCC(CCNS(=O)(=O)c2ccc(Br)cc2N)C1. The quantitative estimate of drug-likeness (QED) is 0.774. The average molecular weight is 375 g/mol. The Morgan fingerprint density at radius 2 is 2.14 bits per heavy atom. The molecule has 0 saturated heterocycles. The number of nitrogen functional groups attached to an aromatic ring is 1. The summed E-state index contributed by atoms with van der Waals surface area (Å²) in [7, 11) is -3.52. The molecular formula is C15H23BrN2O2S. The number of anilines is 1. The van der Waals surface area contributed by atoms with Crippen molar-refractivity contribution < 1.29 is 8.42 Å². The highest BCUT2D eigenvalue weighted by Crippen LogP contribution is 2.30. The Morgan fingerprint density at radius 1 is 1.38 bits per heavy atom. The molecule has 0 spiro atoms. The first-order chi connectivity index (χ1) is 9.88. The standard InChI is InChI=1S/C15H23BrN2O2S/c1-11-3-2-4-12(9-11)7-8-18-21(19,20)15-6-5-13(16)10-14(15)17/h5-6,10-12,18H,2-4,7-9,17H2,1H3. The van der Waals surface area contributed by atoms with Gasteiger partial charge in [-0.05, 0) is 42.9 Å². The molecular weight excluding hydrogens is 352 g/mol. The first kappa shape index (κ1) is 16.8. The highest BCUT2D eigenvalue weighted by Gasteiger charge is 2.21.